The lowest BCUT2D eigenvalue weighted by Gasteiger charge is -2.10. The predicted octanol–water partition coefficient (Wildman–Crippen LogP) is 2.91. The van der Waals surface area contributed by atoms with Crippen LogP contribution in [0.2, 0.25) is 0 Å². The third kappa shape index (κ3) is 5.49. The maximum absolute atomic E-state index is 4.61. The van der Waals surface area contributed by atoms with Gasteiger partial charge in [-0.2, -0.15) is 0 Å². The zero-order valence-corrected chi connectivity index (χ0v) is 17.9. The Hall–Kier alpha value is -2.01. The van der Waals surface area contributed by atoms with Crippen molar-refractivity contribution in [3.8, 4) is 5.69 Å². The van der Waals surface area contributed by atoms with Gasteiger partial charge in [0.2, 0.25) is 0 Å². The molecule has 26 heavy (non-hydrogen) atoms. The Morgan fingerprint density at radius 2 is 2.04 bits per heavy atom. The molecule has 0 fully saturated rings. The first-order chi connectivity index (χ1) is 12.3. The number of aliphatic imine (C=N–C) groups is 1. The molecule has 0 aliphatic rings. The van der Waals surface area contributed by atoms with Crippen molar-refractivity contribution in [1.82, 2.24) is 30.4 Å². The minimum Gasteiger partial charge on any atom is -0.357 e. The van der Waals surface area contributed by atoms with Gasteiger partial charge in [-0.15, -0.1) is 45.5 Å². The van der Waals surface area contributed by atoms with E-state index < -0.39 is 0 Å². The fourth-order valence-electron chi connectivity index (χ4n) is 2.31. The summed E-state index contributed by atoms with van der Waals surface area (Å²) in [6.45, 7) is 5.96. The molecule has 0 saturated carbocycles. The lowest BCUT2D eigenvalue weighted by Crippen LogP contribution is -2.36. The van der Waals surface area contributed by atoms with Crippen LogP contribution in [0, 0.1) is 6.92 Å². The lowest BCUT2D eigenvalue weighted by atomic mass is 10.3. The summed E-state index contributed by atoms with van der Waals surface area (Å²) in [4.78, 5) is 10.2. The number of halogens is 1. The normalized spacial score (nSPS) is 11.1. The number of benzene rings is 1. The minimum absolute atomic E-state index is 0. The van der Waals surface area contributed by atoms with Crippen LogP contribution in [-0.4, -0.2) is 32.3 Å². The largest absolute Gasteiger partial charge is 0.357 e. The quantitative estimate of drug-likeness (QED) is 0.320. The van der Waals surface area contributed by atoms with Gasteiger partial charge < -0.3 is 10.6 Å². The van der Waals surface area contributed by atoms with Crippen LogP contribution in [0.5, 0.6) is 0 Å². The molecule has 0 amide bonds. The first-order valence-electron chi connectivity index (χ1n) is 8.14. The first-order valence-corrected chi connectivity index (χ1v) is 8.95. The molecule has 3 aromatic rings. The maximum atomic E-state index is 4.61. The number of hydrogen-bond acceptors (Lipinski definition) is 5. The number of aryl methyl sites for hydroxylation is 1. The van der Waals surface area contributed by atoms with Crippen molar-refractivity contribution in [2.24, 2.45) is 4.99 Å². The van der Waals surface area contributed by atoms with Gasteiger partial charge in [-0.1, -0.05) is 18.2 Å². The summed E-state index contributed by atoms with van der Waals surface area (Å²) < 4.78 is 1.94. The number of guanidine groups is 1. The highest BCUT2D eigenvalue weighted by Crippen LogP contribution is 2.11. The van der Waals surface area contributed by atoms with Gasteiger partial charge in [0.25, 0.3) is 0 Å². The van der Waals surface area contributed by atoms with Crippen molar-refractivity contribution < 1.29 is 0 Å². The highest BCUT2D eigenvalue weighted by molar-refractivity contribution is 14.0. The van der Waals surface area contributed by atoms with Crippen LogP contribution in [0.1, 0.15) is 22.6 Å². The smallest absolute Gasteiger partial charge is 0.192 e. The average Bonchev–Trinajstić information content (AvgIpc) is 3.27. The number of nitrogens with zero attached hydrogens (tertiary/aromatic N) is 5. The summed E-state index contributed by atoms with van der Waals surface area (Å²) in [6, 6.07) is 10.0. The zero-order chi connectivity index (χ0) is 17.5. The van der Waals surface area contributed by atoms with Crippen molar-refractivity contribution in [1.29, 1.82) is 0 Å². The molecule has 0 unspecified atom stereocenters. The van der Waals surface area contributed by atoms with E-state index in [1.54, 1.807) is 17.7 Å². The van der Waals surface area contributed by atoms with Crippen LogP contribution >= 0.6 is 35.3 Å². The predicted molar refractivity (Wildman–Crippen MR) is 115 cm³/mol. The average molecular weight is 483 g/mol. The number of aromatic nitrogens is 4. The number of para-hydroxylation sites is 1. The highest BCUT2D eigenvalue weighted by Gasteiger charge is 2.07. The van der Waals surface area contributed by atoms with Crippen molar-refractivity contribution in [3.63, 3.8) is 0 Å². The molecule has 0 saturated heterocycles. The Balaban J connectivity index is 0.00000243. The second-order valence-electron chi connectivity index (χ2n) is 5.37. The van der Waals surface area contributed by atoms with Crippen molar-refractivity contribution >= 4 is 41.3 Å². The minimum atomic E-state index is 0. The van der Waals surface area contributed by atoms with Crippen LogP contribution in [-0.2, 0) is 13.1 Å². The Bertz CT molecular complexity index is 829. The van der Waals surface area contributed by atoms with E-state index in [2.05, 4.69) is 37.7 Å². The van der Waals surface area contributed by atoms with E-state index in [1.807, 2.05) is 48.0 Å². The Labute approximate surface area is 174 Å². The van der Waals surface area contributed by atoms with E-state index in [4.69, 9.17) is 0 Å². The maximum Gasteiger partial charge on any atom is 0.192 e. The molecular formula is C17H22IN7S. The molecule has 2 aromatic heterocycles. The Morgan fingerprint density at radius 1 is 1.23 bits per heavy atom. The lowest BCUT2D eigenvalue weighted by molar-refractivity contribution is 0.791. The molecule has 0 aliphatic carbocycles. The van der Waals surface area contributed by atoms with E-state index in [0.717, 1.165) is 29.0 Å². The Kier molecular flexibility index (Phi) is 7.98. The molecule has 0 spiro atoms. The van der Waals surface area contributed by atoms with Crippen molar-refractivity contribution in [3.05, 3.63) is 58.6 Å². The topological polar surface area (TPSA) is 80.0 Å². The number of nitrogens with one attached hydrogen (secondary N) is 2. The second kappa shape index (κ2) is 10.2. The molecule has 2 heterocycles. The van der Waals surface area contributed by atoms with Crippen LogP contribution in [0.15, 0.2) is 47.8 Å². The van der Waals surface area contributed by atoms with E-state index in [0.29, 0.717) is 13.1 Å². The summed E-state index contributed by atoms with van der Waals surface area (Å²) in [5.74, 6) is 1.52. The third-order valence-corrected chi connectivity index (χ3v) is 4.36. The van der Waals surface area contributed by atoms with Gasteiger partial charge in [0.1, 0.15) is 17.9 Å². The van der Waals surface area contributed by atoms with Crippen molar-refractivity contribution in [2.75, 3.05) is 6.54 Å². The molecule has 1 aromatic carbocycles. The van der Waals surface area contributed by atoms with Gasteiger partial charge in [0.05, 0.1) is 6.54 Å². The molecule has 3 rings (SSSR count). The zero-order valence-electron chi connectivity index (χ0n) is 14.7. The van der Waals surface area contributed by atoms with Crippen LogP contribution < -0.4 is 10.6 Å². The van der Waals surface area contributed by atoms with Crippen LogP contribution in [0.3, 0.4) is 0 Å². The molecule has 7 nitrogen and oxygen atoms in total. The van der Waals surface area contributed by atoms with Crippen molar-refractivity contribution in [2.45, 2.75) is 26.9 Å². The molecule has 0 atom stereocenters. The molecular weight excluding hydrogens is 461 g/mol. The van der Waals surface area contributed by atoms with E-state index >= 15 is 0 Å². The van der Waals surface area contributed by atoms with Crippen LogP contribution in [0.25, 0.3) is 5.69 Å². The summed E-state index contributed by atoms with van der Waals surface area (Å²) in [7, 11) is 0. The van der Waals surface area contributed by atoms with E-state index in [-0.39, 0.29) is 24.0 Å². The monoisotopic (exact) mass is 483 g/mol. The molecule has 138 valence electrons. The van der Waals surface area contributed by atoms with Gasteiger partial charge in [0.15, 0.2) is 11.8 Å². The standard InChI is InChI=1S/C17H21N7S.HI/c1-3-18-17(21-11-16-19-9-13(2)25-16)20-10-15-23-22-12-24(15)14-7-5-4-6-8-14;/h4-9,12H,3,10-11H2,1-2H3,(H2,18,20,21);1H. The summed E-state index contributed by atoms with van der Waals surface area (Å²) in [6.07, 6.45) is 3.59. The number of thiazole rings is 1. The summed E-state index contributed by atoms with van der Waals surface area (Å²) in [5, 5.41) is 15.8. The molecule has 9 heteroatoms. The molecule has 0 radical (unpaired) electrons. The van der Waals surface area contributed by atoms with E-state index in [1.165, 1.54) is 4.88 Å². The highest BCUT2D eigenvalue weighted by atomic mass is 127. The fraction of sp³-hybridized carbons (Fsp3) is 0.294. The SMILES string of the molecule is CCNC(=NCc1nncn1-c1ccccc1)NCc1ncc(C)s1.I. The number of rotatable bonds is 6. The molecule has 2 N–H and O–H groups in total. The Morgan fingerprint density at radius 3 is 2.73 bits per heavy atom. The summed E-state index contributed by atoms with van der Waals surface area (Å²) in [5.41, 5.74) is 1.02. The van der Waals surface area contributed by atoms with Gasteiger partial charge in [0, 0.05) is 23.3 Å². The fourth-order valence-corrected chi connectivity index (χ4v) is 3.03. The number of hydrogen-bond donors (Lipinski definition) is 2. The van der Waals surface area contributed by atoms with Gasteiger partial charge >= 0.3 is 0 Å². The molecule has 0 bridgehead atoms. The van der Waals surface area contributed by atoms with Gasteiger partial charge in [-0.05, 0) is 26.0 Å². The van der Waals surface area contributed by atoms with Crippen LogP contribution in [0.4, 0.5) is 0 Å². The van der Waals surface area contributed by atoms with Gasteiger partial charge in [-0.3, -0.25) is 4.57 Å². The third-order valence-electron chi connectivity index (χ3n) is 3.45. The first kappa shape index (κ1) is 20.3. The molecule has 0 aliphatic heterocycles. The summed E-state index contributed by atoms with van der Waals surface area (Å²) >= 11 is 1.68. The van der Waals surface area contributed by atoms with Gasteiger partial charge in [-0.25, -0.2) is 9.98 Å². The van der Waals surface area contributed by atoms with E-state index in [9.17, 15) is 0 Å². The second-order valence-corrected chi connectivity index (χ2v) is 6.69.